The fourth-order valence-electron chi connectivity index (χ4n) is 3.37. The van der Waals surface area contributed by atoms with E-state index in [4.69, 9.17) is 0 Å². The van der Waals surface area contributed by atoms with Gasteiger partial charge in [-0.05, 0) is 42.7 Å². The Morgan fingerprint density at radius 1 is 1.00 bits per heavy atom. The Balaban J connectivity index is 2.23. The van der Waals surface area contributed by atoms with Crippen LogP contribution in [0.3, 0.4) is 0 Å². The number of hydrazone groups is 1. The zero-order valence-corrected chi connectivity index (χ0v) is 19.4. The standard InChI is InChI=1S/C21H24N4O5S2/c1-3-13-31(27,28)19-17-7-5-6-12-25(17)18(20(19)32(29,30)14-4-2)21(26)24-23-15-16-8-10-22-11-9-16/h5-12,15H,3-4,13-14H2,1-2H3,(H,24,26)/b23-15-. The van der Waals surface area contributed by atoms with Gasteiger partial charge in [-0.2, -0.15) is 5.10 Å². The van der Waals surface area contributed by atoms with Gasteiger partial charge >= 0.3 is 0 Å². The third-order valence-corrected chi connectivity index (χ3v) is 8.70. The monoisotopic (exact) mass is 476 g/mol. The summed E-state index contributed by atoms with van der Waals surface area (Å²) < 4.78 is 53.9. The van der Waals surface area contributed by atoms with Crippen molar-refractivity contribution >= 4 is 37.3 Å². The summed E-state index contributed by atoms with van der Waals surface area (Å²) in [5, 5.41) is 3.89. The Labute approximate surface area is 187 Å². The molecule has 0 fully saturated rings. The minimum Gasteiger partial charge on any atom is -0.310 e. The predicted molar refractivity (Wildman–Crippen MR) is 121 cm³/mol. The number of hydrogen-bond donors (Lipinski definition) is 1. The van der Waals surface area contributed by atoms with Crippen molar-refractivity contribution in [1.82, 2.24) is 14.8 Å². The minimum absolute atomic E-state index is 0.138. The third kappa shape index (κ3) is 4.73. The van der Waals surface area contributed by atoms with E-state index in [1.165, 1.54) is 22.9 Å². The van der Waals surface area contributed by atoms with Crippen LogP contribution in [0.2, 0.25) is 0 Å². The van der Waals surface area contributed by atoms with Crippen LogP contribution < -0.4 is 5.43 Å². The molecule has 1 N–H and O–H groups in total. The van der Waals surface area contributed by atoms with Crippen LogP contribution in [0.1, 0.15) is 42.7 Å². The summed E-state index contributed by atoms with van der Waals surface area (Å²) >= 11 is 0. The van der Waals surface area contributed by atoms with Gasteiger partial charge in [0.2, 0.25) is 0 Å². The summed E-state index contributed by atoms with van der Waals surface area (Å²) in [6.45, 7) is 3.36. The number of carbonyl (C=O) groups is 1. The summed E-state index contributed by atoms with van der Waals surface area (Å²) in [7, 11) is -8.05. The average molecular weight is 477 g/mol. The fourth-order valence-corrected chi connectivity index (χ4v) is 7.35. The number of aromatic nitrogens is 2. The molecule has 0 aliphatic heterocycles. The molecule has 170 valence electrons. The van der Waals surface area contributed by atoms with E-state index in [-0.39, 0.29) is 34.0 Å². The van der Waals surface area contributed by atoms with Crippen LogP contribution in [0.25, 0.3) is 5.52 Å². The van der Waals surface area contributed by atoms with E-state index in [9.17, 15) is 21.6 Å². The van der Waals surface area contributed by atoms with Crippen molar-refractivity contribution in [2.45, 2.75) is 36.5 Å². The van der Waals surface area contributed by atoms with E-state index in [0.29, 0.717) is 12.0 Å². The number of carbonyl (C=O) groups excluding carboxylic acids is 1. The molecule has 0 unspecified atom stereocenters. The predicted octanol–water partition coefficient (Wildman–Crippen LogP) is 2.47. The summed E-state index contributed by atoms with van der Waals surface area (Å²) in [6.07, 6.45) is 6.53. The van der Waals surface area contributed by atoms with Gasteiger partial charge in [-0.1, -0.05) is 19.9 Å². The van der Waals surface area contributed by atoms with Crippen LogP contribution in [0.5, 0.6) is 0 Å². The molecule has 3 heterocycles. The Kier molecular flexibility index (Phi) is 7.09. The lowest BCUT2D eigenvalue weighted by atomic mass is 10.3. The van der Waals surface area contributed by atoms with Gasteiger partial charge in [-0.15, -0.1) is 0 Å². The molecule has 0 spiro atoms. The molecule has 0 saturated heterocycles. The fraction of sp³-hybridized carbons (Fsp3) is 0.286. The van der Waals surface area contributed by atoms with Crippen molar-refractivity contribution < 1.29 is 21.6 Å². The first kappa shape index (κ1) is 23.6. The molecule has 0 aliphatic rings. The molecule has 9 nitrogen and oxygen atoms in total. The second kappa shape index (κ2) is 9.61. The lowest BCUT2D eigenvalue weighted by Gasteiger charge is -2.08. The zero-order chi connectivity index (χ0) is 23.4. The van der Waals surface area contributed by atoms with Gasteiger partial charge in [-0.25, -0.2) is 22.3 Å². The van der Waals surface area contributed by atoms with E-state index in [1.54, 1.807) is 50.5 Å². The van der Waals surface area contributed by atoms with Crippen LogP contribution in [-0.2, 0) is 19.7 Å². The van der Waals surface area contributed by atoms with Crippen LogP contribution in [0.4, 0.5) is 0 Å². The lowest BCUT2D eigenvalue weighted by Crippen LogP contribution is -2.23. The Bertz CT molecular complexity index is 1360. The van der Waals surface area contributed by atoms with Crippen molar-refractivity contribution in [3.05, 3.63) is 60.2 Å². The molecule has 3 rings (SSSR count). The van der Waals surface area contributed by atoms with E-state index in [1.807, 2.05) is 0 Å². The topological polar surface area (TPSA) is 127 Å². The maximum atomic E-state index is 13.2. The van der Waals surface area contributed by atoms with Gasteiger partial charge in [0.1, 0.15) is 15.5 Å². The molecule has 0 aromatic carbocycles. The minimum atomic E-state index is -4.08. The smallest absolute Gasteiger partial charge is 0.289 e. The normalized spacial score (nSPS) is 12.4. The maximum absolute atomic E-state index is 13.2. The van der Waals surface area contributed by atoms with Crippen molar-refractivity contribution in [2.24, 2.45) is 5.10 Å². The molecule has 32 heavy (non-hydrogen) atoms. The number of nitrogens with one attached hydrogen (secondary N) is 1. The molecule has 11 heteroatoms. The van der Waals surface area contributed by atoms with Crippen LogP contribution in [0.15, 0.2) is 63.8 Å². The van der Waals surface area contributed by atoms with Gasteiger partial charge in [0, 0.05) is 18.6 Å². The summed E-state index contributed by atoms with van der Waals surface area (Å²) in [4.78, 5) is 16.2. The summed E-state index contributed by atoms with van der Waals surface area (Å²) in [5.41, 5.74) is 2.85. The summed E-state index contributed by atoms with van der Waals surface area (Å²) in [6, 6.07) is 8.03. The maximum Gasteiger partial charge on any atom is 0.289 e. The Morgan fingerprint density at radius 3 is 2.25 bits per heavy atom. The van der Waals surface area contributed by atoms with E-state index in [0.717, 1.165) is 0 Å². The van der Waals surface area contributed by atoms with Crippen LogP contribution in [0, 0.1) is 0 Å². The molecule has 0 radical (unpaired) electrons. The van der Waals surface area contributed by atoms with Gasteiger partial charge in [0.15, 0.2) is 19.7 Å². The SMILES string of the molecule is CCCS(=O)(=O)c1c(S(=O)(=O)CCC)c2ccccn2c1C(=O)N/N=C\c1ccncc1. The van der Waals surface area contributed by atoms with Crippen molar-refractivity contribution in [1.29, 1.82) is 0 Å². The zero-order valence-electron chi connectivity index (χ0n) is 17.7. The molecular weight excluding hydrogens is 452 g/mol. The van der Waals surface area contributed by atoms with Crippen molar-refractivity contribution in [3.8, 4) is 0 Å². The number of amides is 1. The molecule has 0 saturated carbocycles. The van der Waals surface area contributed by atoms with E-state index in [2.05, 4.69) is 15.5 Å². The molecule has 0 atom stereocenters. The van der Waals surface area contributed by atoms with Gasteiger partial charge in [-0.3, -0.25) is 9.78 Å². The quantitative estimate of drug-likeness (QED) is 0.373. The second-order valence-electron chi connectivity index (χ2n) is 7.08. The van der Waals surface area contributed by atoms with Crippen molar-refractivity contribution in [3.63, 3.8) is 0 Å². The number of fused-ring (bicyclic) bond motifs is 1. The highest BCUT2D eigenvalue weighted by atomic mass is 32.2. The first-order valence-corrected chi connectivity index (χ1v) is 13.4. The number of rotatable bonds is 9. The first-order chi connectivity index (χ1) is 15.2. The van der Waals surface area contributed by atoms with Crippen molar-refractivity contribution in [2.75, 3.05) is 11.5 Å². The number of hydrogen-bond acceptors (Lipinski definition) is 7. The molecule has 1 amide bonds. The molecule has 0 aliphatic carbocycles. The van der Waals surface area contributed by atoms with Gasteiger partial charge in [0.25, 0.3) is 5.91 Å². The highest BCUT2D eigenvalue weighted by molar-refractivity contribution is 7.94. The van der Waals surface area contributed by atoms with Gasteiger partial charge in [0.05, 0.1) is 23.2 Å². The van der Waals surface area contributed by atoms with E-state index < -0.39 is 30.5 Å². The Hall–Kier alpha value is -3.05. The van der Waals surface area contributed by atoms with Crippen LogP contribution in [-0.4, -0.2) is 49.8 Å². The molecular formula is C21H24N4O5S2. The Morgan fingerprint density at radius 2 is 1.62 bits per heavy atom. The lowest BCUT2D eigenvalue weighted by molar-refractivity contribution is 0.0945. The number of nitrogens with zero attached hydrogens (tertiary/aromatic N) is 3. The van der Waals surface area contributed by atoms with Crippen LogP contribution >= 0.6 is 0 Å². The number of sulfone groups is 2. The largest absolute Gasteiger partial charge is 0.310 e. The first-order valence-electron chi connectivity index (χ1n) is 10.0. The highest BCUT2D eigenvalue weighted by Crippen LogP contribution is 2.34. The molecule has 3 aromatic rings. The molecule has 3 aromatic heterocycles. The molecule has 0 bridgehead atoms. The van der Waals surface area contributed by atoms with Gasteiger partial charge < -0.3 is 4.40 Å². The second-order valence-corrected chi connectivity index (χ2v) is 11.2. The van der Waals surface area contributed by atoms with E-state index >= 15 is 0 Å². The summed E-state index contributed by atoms with van der Waals surface area (Å²) in [5.74, 6) is -1.36. The average Bonchev–Trinajstić information content (AvgIpc) is 3.12. The number of pyridine rings is 2. The highest BCUT2D eigenvalue weighted by Gasteiger charge is 2.36. The third-order valence-electron chi connectivity index (χ3n) is 4.62.